The summed E-state index contributed by atoms with van der Waals surface area (Å²) in [4.78, 5) is 13.5. The van der Waals surface area contributed by atoms with Gasteiger partial charge in [0.2, 0.25) is 5.95 Å². The number of rotatable bonds is 9. The summed E-state index contributed by atoms with van der Waals surface area (Å²) in [5, 5.41) is 3.41. The molecular weight excluding hydrogens is 262 g/mol. The maximum atomic E-state index is 4.53. The second-order valence-electron chi connectivity index (χ2n) is 6.31. The minimum Gasteiger partial charge on any atom is -0.337 e. The summed E-state index contributed by atoms with van der Waals surface area (Å²) < 4.78 is 0. The van der Waals surface area contributed by atoms with Crippen LogP contribution < -0.4 is 10.2 Å². The fourth-order valence-electron chi connectivity index (χ4n) is 2.37. The van der Waals surface area contributed by atoms with Gasteiger partial charge in [0.15, 0.2) is 0 Å². The molecule has 1 N–H and O–H groups in total. The molecule has 1 heterocycles. The number of nitrogens with one attached hydrogen (secondary N) is 1. The minimum absolute atomic E-state index is 0.398. The van der Waals surface area contributed by atoms with E-state index in [2.05, 4.69) is 66.9 Å². The van der Waals surface area contributed by atoms with Crippen LogP contribution in [0.1, 0.15) is 33.3 Å². The second kappa shape index (κ2) is 8.95. The number of anilines is 1. The van der Waals surface area contributed by atoms with Crippen LogP contribution in [0.3, 0.4) is 0 Å². The van der Waals surface area contributed by atoms with E-state index < -0.39 is 0 Å². The number of hydrogen-bond acceptors (Lipinski definition) is 5. The van der Waals surface area contributed by atoms with E-state index in [9.17, 15) is 0 Å². The van der Waals surface area contributed by atoms with Crippen LogP contribution in [0.25, 0.3) is 0 Å². The first-order valence-corrected chi connectivity index (χ1v) is 7.87. The van der Waals surface area contributed by atoms with Gasteiger partial charge < -0.3 is 15.1 Å². The molecule has 5 nitrogen and oxygen atoms in total. The minimum atomic E-state index is 0.398. The Morgan fingerprint density at radius 1 is 1.14 bits per heavy atom. The molecule has 0 saturated heterocycles. The Hall–Kier alpha value is -1.20. The lowest BCUT2D eigenvalue weighted by atomic mass is 10.2. The van der Waals surface area contributed by atoms with Gasteiger partial charge in [-0.05, 0) is 40.4 Å². The Morgan fingerprint density at radius 3 is 2.24 bits per heavy atom. The molecular formula is C16H31N5. The third kappa shape index (κ3) is 6.40. The molecule has 0 aliphatic carbocycles. The van der Waals surface area contributed by atoms with E-state index in [-0.39, 0.29) is 0 Å². The molecule has 0 amide bonds. The van der Waals surface area contributed by atoms with Gasteiger partial charge in [-0.15, -0.1) is 0 Å². The van der Waals surface area contributed by atoms with Crippen LogP contribution in [-0.2, 0) is 6.54 Å². The smallest absolute Gasteiger partial charge is 0.225 e. The molecule has 120 valence electrons. The Bertz CT molecular complexity index is 388. The van der Waals surface area contributed by atoms with Crippen molar-refractivity contribution >= 4 is 5.95 Å². The van der Waals surface area contributed by atoms with E-state index in [1.807, 2.05) is 12.4 Å². The van der Waals surface area contributed by atoms with Crippen molar-refractivity contribution in [2.75, 3.05) is 38.6 Å². The number of hydrogen-bond donors (Lipinski definition) is 1. The van der Waals surface area contributed by atoms with Gasteiger partial charge in [0.05, 0.1) is 0 Å². The fraction of sp³-hybridized carbons (Fsp3) is 0.750. The number of likely N-dealkylation sites (N-methyl/N-ethyl adjacent to an activating group) is 2. The maximum Gasteiger partial charge on any atom is 0.225 e. The van der Waals surface area contributed by atoms with Gasteiger partial charge >= 0.3 is 0 Å². The average molecular weight is 293 g/mol. The molecule has 0 aromatic carbocycles. The summed E-state index contributed by atoms with van der Waals surface area (Å²) in [6.45, 7) is 12.5. The first-order valence-electron chi connectivity index (χ1n) is 7.87. The first kappa shape index (κ1) is 17.9. The topological polar surface area (TPSA) is 44.3 Å². The van der Waals surface area contributed by atoms with Crippen molar-refractivity contribution in [1.29, 1.82) is 0 Å². The standard InChI is InChI=1S/C16H31N5/c1-7-21(14(4)12-20(5)6)16-18-10-15(11-19-16)9-17-8-13(2)3/h10-11,13-14,17H,7-9,12H2,1-6H3. The van der Waals surface area contributed by atoms with Crippen LogP contribution >= 0.6 is 0 Å². The van der Waals surface area contributed by atoms with Crippen molar-refractivity contribution in [3.05, 3.63) is 18.0 Å². The van der Waals surface area contributed by atoms with Crippen LogP contribution in [0.15, 0.2) is 12.4 Å². The summed E-state index contributed by atoms with van der Waals surface area (Å²) in [5.74, 6) is 1.48. The van der Waals surface area contributed by atoms with Gasteiger partial charge in [0.1, 0.15) is 0 Å². The van der Waals surface area contributed by atoms with E-state index in [0.717, 1.165) is 37.7 Å². The molecule has 0 radical (unpaired) electrons. The van der Waals surface area contributed by atoms with Crippen molar-refractivity contribution in [3.8, 4) is 0 Å². The van der Waals surface area contributed by atoms with E-state index in [0.29, 0.717) is 12.0 Å². The highest BCUT2D eigenvalue weighted by molar-refractivity contribution is 5.31. The predicted molar refractivity (Wildman–Crippen MR) is 89.6 cm³/mol. The van der Waals surface area contributed by atoms with Crippen molar-refractivity contribution in [2.24, 2.45) is 5.92 Å². The lowest BCUT2D eigenvalue weighted by Crippen LogP contribution is -2.41. The quantitative estimate of drug-likeness (QED) is 0.754. The van der Waals surface area contributed by atoms with Gasteiger partial charge in [0, 0.05) is 43.6 Å². The summed E-state index contributed by atoms with van der Waals surface area (Å²) in [6.07, 6.45) is 3.86. The summed E-state index contributed by atoms with van der Waals surface area (Å²) in [7, 11) is 4.18. The molecule has 1 aromatic heterocycles. The molecule has 1 rings (SSSR count). The predicted octanol–water partition coefficient (Wildman–Crippen LogP) is 2.00. The molecule has 0 saturated carbocycles. The second-order valence-corrected chi connectivity index (χ2v) is 6.31. The van der Waals surface area contributed by atoms with Crippen molar-refractivity contribution in [3.63, 3.8) is 0 Å². The zero-order valence-corrected chi connectivity index (χ0v) is 14.4. The highest BCUT2D eigenvalue weighted by atomic mass is 15.3. The summed E-state index contributed by atoms with van der Waals surface area (Å²) in [6, 6.07) is 0.398. The van der Waals surface area contributed by atoms with Crippen LogP contribution in [0.5, 0.6) is 0 Å². The van der Waals surface area contributed by atoms with Gasteiger partial charge in [-0.2, -0.15) is 0 Å². The zero-order valence-electron chi connectivity index (χ0n) is 14.4. The Balaban J connectivity index is 2.62. The van der Waals surface area contributed by atoms with Gasteiger partial charge in [-0.1, -0.05) is 13.8 Å². The van der Waals surface area contributed by atoms with Crippen LogP contribution in [0.2, 0.25) is 0 Å². The molecule has 0 aliphatic rings. The maximum absolute atomic E-state index is 4.53. The monoisotopic (exact) mass is 293 g/mol. The van der Waals surface area contributed by atoms with Gasteiger partial charge in [-0.3, -0.25) is 0 Å². The van der Waals surface area contributed by atoms with Crippen molar-refractivity contribution < 1.29 is 0 Å². The Labute approximate surface area is 129 Å². The molecule has 0 fully saturated rings. The number of aromatic nitrogens is 2. The molecule has 1 atom stereocenters. The molecule has 1 unspecified atom stereocenters. The number of nitrogens with zero attached hydrogens (tertiary/aromatic N) is 4. The van der Waals surface area contributed by atoms with Gasteiger partial charge in [0.25, 0.3) is 0 Å². The molecule has 0 spiro atoms. The van der Waals surface area contributed by atoms with Crippen LogP contribution in [-0.4, -0.2) is 54.6 Å². The summed E-state index contributed by atoms with van der Waals surface area (Å²) in [5.41, 5.74) is 1.13. The molecule has 0 bridgehead atoms. The third-order valence-electron chi connectivity index (χ3n) is 3.33. The lowest BCUT2D eigenvalue weighted by molar-refractivity contribution is 0.371. The Kier molecular flexibility index (Phi) is 7.61. The Morgan fingerprint density at radius 2 is 1.76 bits per heavy atom. The van der Waals surface area contributed by atoms with Crippen LogP contribution in [0, 0.1) is 5.92 Å². The largest absolute Gasteiger partial charge is 0.337 e. The average Bonchev–Trinajstić information content (AvgIpc) is 2.40. The highest BCUT2D eigenvalue weighted by Crippen LogP contribution is 2.11. The molecule has 21 heavy (non-hydrogen) atoms. The van der Waals surface area contributed by atoms with Crippen LogP contribution in [0.4, 0.5) is 5.95 Å². The molecule has 0 aliphatic heterocycles. The SMILES string of the molecule is CCN(c1ncc(CNCC(C)C)cn1)C(C)CN(C)C. The molecule has 1 aromatic rings. The first-order chi connectivity index (χ1) is 9.93. The van der Waals surface area contributed by atoms with E-state index in [1.165, 1.54) is 0 Å². The zero-order chi connectivity index (χ0) is 15.8. The normalized spacial score (nSPS) is 13.0. The summed E-state index contributed by atoms with van der Waals surface area (Å²) >= 11 is 0. The van der Waals surface area contributed by atoms with E-state index >= 15 is 0 Å². The van der Waals surface area contributed by atoms with E-state index in [4.69, 9.17) is 0 Å². The molecule has 5 heteroatoms. The van der Waals surface area contributed by atoms with Gasteiger partial charge in [-0.25, -0.2) is 9.97 Å². The van der Waals surface area contributed by atoms with Crippen molar-refractivity contribution in [2.45, 2.75) is 40.3 Å². The highest BCUT2D eigenvalue weighted by Gasteiger charge is 2.15. The van der Waals surface area contributed by atoms with Crippen molar-refractivity contribution in [1.82, 2.24) is 20.2 Å². The van der Waals surface area contributed by atoms with E-state index in [1.54, 1.807) is 0 Å². The lowest BCUT2D eigenvalue weighted by Gasteiger charge is -2.30. The fourth-order valence-corrected chi connectivity index (χ4v) is 2.37. The third-order valence-corrected chi connectivity index (χ3v) is 3.33.